The van der Waals surface area contributed by atoms with Crippen molar-refractivity contribution in [2.45, 2.75) is 25.3 Å². The summed E-state index contributed by atoms with van der Waals surface area (Å²) in [4.78, 5) is 24.1. The zero-order chi connectivity index (χ0) is 17.8. The topological polar surface area (TPSA) is 55.4 Å². The Balaban J connectivity index is 1.58. The first-order chi connectivity index (χ1) is 12.0. The minimum atomic E-state index is -0.760. The summed E-state index contributed by atoms with van der Waals surface area (Å²) in [6.07, 6.45) is 2.84. The predicted octanol–water partition coefficient (Wildman–Crippen LogP) is 3.83. The number of hydrogen-bond donors (Lipinski definition) is 1. The highest BCUT2D eigenvalue weighted by Gasteiger charge is 2.22. The van der Waals surface area contributed by atoms with Gasteiger partial charge in [-0.15, -0.1) is 0 Å². The summed E-state index contributed by atoms with van der Waals surface area (Å²) >= 11 is 5.81. The van der Waals surface area contributed by atoms with Crippen LogP contribution in [0.1, 0.15) is 40.4 Å². The molecule has 0 saturated heterocycles. The molecule has 6 heteroatoms. The summed E-state index contributed by atoms with van der Waals surface area (Å²) in [6.45, 7) is -0.412. The van der Waals surface area contributed by atoms with Gasteiger partial charge in [-0.1, -0.05) is 35.9 Å². The standard InChI is InChI=1S/C19H17ClFNO3/c20-16-10-13(21)8-9-15(16)19(24)25-11-18(23)22-17-7-3-5-12-4-1-2-6-14(12)17/h1-2,4,6,8-10,17H,3,5,7,11H2,(H,22,23). The van der Waals surface area contributed by atoms with Crippen molar-refractivity contribution in [3.8, 4) is 0 Å². The highest BCUT2D eigenvalue weighted by atomic mass is 35.5. The second-order valence-corrected chi connectivity index (χ2v) is 6.32. The number of nitrogens with one attached hydrogen (secondary N) is 1. The van der Waals surface area contributed by atoms with Crippen LogP contribution in [0.2, 0.25) is 5.02 Å². The molecule has 0 saturated carbocycles. The van der Waals surface area contributed by atoms with Crippen molar-refractivity contribution in [3.63, 3.8) is 0 Å². The fraction of sp³-hybridized carbons (Fsp3) is 0.263. The van der Waals surface area contributed by atoms with Crippen molar-refractivity contribution in [3.05, 3.63) is 70.0 Å². The van der Waals surface area contributed by atoms with E-state index in [1.807, 2.05) is 18.2 Å². The number of rotatable bonds is 4. The first kappa shape index (κ1) is 17.4. The number of aryl methyl sites for hydroxylation is 1. The van der Waals surface area contributed by atoms with Crippen LogP contribution in [0.5, 0.6) is 0 Å². The number of fused-ring (bicyclic) bond motifs is 1. The maximum absolute atomic E-state index is 13.0. The van der Waals surface area contributed by atoms with Gasteiger partial charge in [-0.25, -0.2) is 9.18 Å². The molecule has 0 aromatic heterocycles. The number of ether oxygens (including phenoxy) is 1. The normalized spacial score (nSPS) is 16.0. The molecule has 1 aliphatic carbocycles. The first-order valence-electron chi connectivity index (χ1n) is 8.04. The number of amides is 1. The Bertz CT molecular complexity index is 809. The number of carbonyl (C=O) groups is 2. The molecular formula is C19H17ClFNO3. The van der Waals surface area contributed by atoms with Crippen LogP contribution in [0.4, 0.5) is 4.39 Å². The maximum atomic E-state index is 13.0. The van der Waals surface area contributed by atoms with Gasteiger partial charge < -0.3 is 10.1 Å². The van der Waals surface area contributed by atoms with E-state index in [4.69, 9.17) is 16.3 Å². The molecule has 0 heterocycles. The number of halogens is 2. The van der Waals surface area contributed by atoms with E-state index in [9.17, 15) is 14.0 Å². The molecular weight excluding hydrogens is 345 g/mol. The Labute approximate surface area is 149 Å². The quantitative estimate of drug-likeness (QED) is 0.842. The summed E-state index contributed by atoms with van der Waals surface area (Å²) in [7, 11) is 0. The Morgan fingerprint density at radius 3 is 2.84 bits per heavy atom. The van der Waals surface area contributed by atoms with Crippen LogP contribution >= 0.6 is 11.6 Å². The molecule has 1 atom stereocenters. The second kappa shape index (κ2) is 7.66. The molecule has 0 bridgehead atoms. The van der Waals surface area contributed by atoms with E-state index in [1.54, 1.807) is 0 Å². The van der Waals surface area contributed by atoms with Crippen molar-refractivity contribution in [1.82, 2.24) is 5.32 Å². The van der Waals surface area contributed by atoms with E-state index >= 15 is 0 Å². The molecule has 0 aliphatic heterocycles. The van der Waals surface area contributed by atoms with Crippen LogP contribution in [0, 0.1) is 5.82 Å². The zero-order valence-electron chi connectivity index (χ0n) is 13.4. The van der Waals surface area contributed by atoms with Gasteiger partial charge in [-0.05, 0) is 48.6 Å². The Kier molecular flexibility index (Phi) is 5.34. The van der Waals surface area contributed by atoms with E-state index in [1.165, 1.54) is 11.6 Å². The van der Waals surface area contributed by atoms with Gasteiger partial charge >= 0.3 is 5.97 Å². The van der Waals surface area contributed by atoms with Crippen molar-refractivity contribution >= 4 is 23.5 Å². The molecule has 4 nitrogen and oxygen atoms in total. The molecule has 1 aliphatic rings. The molecule has 0 spiro atoms. The zero-order valence-corrected chi connectivity index (χ0v) is 14.2. The van der Waals surface area contributed by atoms with E-state index in [0.717, 1.165) is 37.0 Å². The smallest absolute Gasteiger partial charge is 0.340 e. The highest BCUT2D eigenvalue weighted by molar-refractivity contribution is 6.33. The van der Waals surface area contributed by atoms with Crippen molar-refractivity contribution in [1.29, 1.82) is 0 Å². The largest absolute Gasteiger partial charge is 0.452 e. The van der Waals surface area contributed by atoms with Crippen LogP contribution in [0.25, 0.3) is 0 Å². The minimum absolute atomic E-state index is 0.0267. The van der Waals surface area contributed by atoms with Crippen molar-refractivity contribution in [2.24, 2.45) is 0 Å². The lowest BCUT2D eigenvalue weighted by Gasteiger charge is -2.26. The number of carbonyl (C=O) groups excluding carboxylic acids is 2. The van der Waals surface area contributed by atoms with Crippen LogP contribution in [-0.4, -0.2) is 18.5 Å². The molecule has 0 radical (unpaired) electrons. The minimum Gasteiger partial charge on any atom is -0.452 e. The predicted molar refractivity (Wildman–Crippen MR) is 92.0 cm³/mol. The first-order valence-corrected chi connectivity index (χ1v) is 8.42. The average Bonchev–Trinajstić information content (AvgIpc) is 2.60. The number of benzene rings is 2. The lowest BCUT2D eigenvalue weighted by molar-refractivity contribution is -0.125. The van der Waals surface area contributed by atoms with Gasteiger partial charge in [-0.3, -0.25) is 4.79 Å². The van der Waals surface area contributed by atoms with Gasteiger partial charge in [-0.2, -0.15) is 0 Å². The van der Waals surface area contributed by atoms with Gasteiger partial charge in [0.1, 0.15) is 5.82 Å². The van der Waals surface area contributed by atoms with Gasteiger partial charge in [0.05, 0.1) is 16.6 Å². The molecule has 1 amide bonds. The summed E-state index contributed by atoms with van der Waals surface area (Å²) in [5.41, 5.74) is 2.36. The SMILES string of the molecule is O=C(COC(=O)c1ccc(F)cc1Cl)NC1CCCc2ccccc21. The van der Waals surface area contributed by atoms with E-state index < -0.39 is 18.4 Å². The highest BCUT2D eigenvalue weighted by Crippen LogP contribution is 2.29. The van der Waals surface area contributed by atoms with Crippen LogP contribution in [-0.2, 0) is 16.0 Å². The molecule has 25 heavy (non-hydrogen) atoms. The van der Waals surface area contributed by atoms with Gasteiger partial charge in [0.2, 0.25) is 0 Å². The van der Waals surface area contributed by atoms with E-state index in [2.05, 4.69) is 11.4 Å². The fourth-order valence-electron chi connectivity index (χ4n) is 3.00. The number of esters is 1. The monoisotopic (exact) mass is 361 g/mol. The lowest BCUT2D eigenvalue weighted by atomic mass is 9.88. The van der Waals surface area contributed by atoms with Crippen LogP contribution < -0.4 is 5.32 Å². The molecule has 1 unspecified atom stereocenters. The third-order valence-electron chi connectivity index (χ3n) is 4.19. The summed E-state index contributed by atoms with van der Waals surface area (Å²) in [5, 5.41) is 2.85. The van der Waals surface area contributed by atoms with E-state index in [-0.39, 0.29) is 22.5 Å². The number of hydrogen-bond acceptors (Lipinski definition) is 3. The van der Waals surface area contributed by atoms with Crippen LogP contribution in [0.3, 0.4) is 0 Å². The third-order valence-corrected chi connectivity index (χ3v) is 4.50. The lowest BCUT2D eigenvalue weighted by Crippen LogP contribution is -2.34. The van der Waals surface area contributed by atoms with Gasteiger partial charge in [0, 0.05) is 0 Å². The molecule has 1 N–H and O–H groups in total. The Morgan fingerprint density at radius 2 is 2.04 bits per heavy atom. The second-order valence-electron chi connectivity index (χ2n) is 5.91. The molecule has 130 valence electrons. The molecule has 2 aromatic rings. The summed E-state index contributed by atoms with van der Waals surface area (Å²) in [6, 6.07) is 11.3. The van der Waals surface area contributed by atoms with Crippen LogP contribution in [0.15, 0.2) is 42.5 Å². The Morgan fingerprint density at radius 1 is 1.24 bits per heavy atom. The van der Waals surface area contributed by atoms with Gasteiger partial charge in [0.25, 0.3) is 5.91 Å². The molecule has 2 aromatic carbocycles. The van der Waals surface area contributed by atoms with Crippen molar-refractivity contribution in [2.75, 3.05) is 6.61 Å². The molecule has 0 fully saturated rings. The van der Waals surface area contributed by atoms with Gasteiger partial charge in [0.15, 0.2) is 6.61 Å². The fourth-order valence-corrected chi connectivity index (χ4v) is 3.25. The van der Waals surface area contributed by atoms with Crippen molar-refractivity contribution < 1.29 is 18.7 Å². The molecule has 3 rings (SSSR count). The third kappa shape index (κ3) is 4.17. The summed E-state index contributed by atoms with van der Waals surface area (Å²) in [5.74, 6) is -1.69. The van der Waals surface area contributed by atoms with E-state index in [0.29, 0.717) is 0 Å². The average molecular weight is 362 g/mol. The maximum Gasteiger partial charge on any atom is 0.340 e. The summed E-state index contributed by atoms with van der Waals surface area (Å²) < 4.78 is 18.0. The Hall–Kier alpha value is -2.40.